The number of carbonyl (C=O) groups excluding carboxylic acids is 1. The predicted molar refractivity (Wildman–Crippen MR) is 105 cm³/mol. The third-order valence-corrected chi connectivity index (χ3v) is 4.46. The minimum atomic E-state index is -0.353. The fourth-order valence-electron chi connectivity index (χ4n) is 3.00. The molecule has 3 rings (SSSR count). The van der Waals surface area contributed by atoms with Gasteiger partial charge in [-0.05, 0) is 44.2 Å². The zero-order chi connectivity index (χ0) is 18.7. The summed E-state index contributed by atoms with van der Waals surface area (Å²) in [5.41, 5.74) is 3.04. The molecule has 1 aromatic heterocycles. The Morgan fingerprint density at radius 1 is 1.19 bits per heavy atom. The predicted octanol–water partition coefficient (Wildman–Crippen LogP) is 5.24. The van der Waals surface area contributed by atoms with Crippen molar-refractivity contribution in [3.05, 3.63) is 53.2 Å². The van der Waals surface area contributed by atoms with E-state index < -0.39 is 0 Å². The summed E-state index contributed by atoms with van der Waals surface area (Å²) >= 11 is 6.44. The van der Waals surface area contributed by atoms with Crippen molar-refractivity contribution < 1.29 is 14.3 Å². The quantitative estimate of drug-likeness (QED) is 0.601. The number of esters is 1. The van der Waals surface area contributed by atoms with Gasteiger partial charge in [-0.2, -0.15) is 0 Å². The van der Waals surface area contributed by atoms with Gasteiger partial charge in [0, 0.05) is 29.4 Å². The van der Waals surface area contributed by atoms with E-state index in [0.717, 1.165) is 28.0 Å². The van der Waals surface area contributed by atoms with Gasteiger partial charge >= 0.3 is 5.97 Å². The van der Waals surface area contributed by atoms with Crippen LogP contribution in [0.25, 0.3) is 10.9 Å². The monoisotopic (exact) mass is 372 g/mol. The molecule has 0 unspecified atom stereocenters. The van der Waals surface area contributed by atoms with E-state index in [2.05, 4.69) is 5.32 Å². The molecule has 1 N–H and O–H groups in total. The number of fused-ring (bicyclic) bond motifs is 1. The topological polar surface area (TPSA) is 52.5 Å². The highest BCUT2D eigenvalue weighted by Gasteiger charge is 2.19. The third kappa shape index (κ3) is 3.35. The van der Waals surface area contributed by atoms with Gasteiger partial charge in [0.15, 0.2) is 0 Å². The lowest BCUT2D eigenvalue weighted by Crippen LogP contribution is -2.11. The molecule has 2 aromatic carbocycles. The van der Waals surface area contributed by atoms with Crippen LogP contribution in [0.2, 0.25) is 5.02 Å². The molecule has 0 aliphatic heterocycles. The number of aromatic nitrogens is 1. The lowest BCUT2D eigenvalue weighted by Gasteiger charge is -2.11. The molecule has 6 heteroatoms. The van der Waals surface area contributed by atoms with Crippen molar-refractivity contribution in [3.8, 4) is 5.75 Å². The van der Waals surface area contributed by atoms with Crippen molar-refractivity contribution in [2.24, 2.45) is 0 Å². The van der Waals surface area contributed by atoms with E-state index in [0.29, 0.717) is 23.9 Å². The third-order valence-electron chi connectivity index (χ3n) is 4.16. The summed E-state index contributed by atoms with van der Waals surface area (Å²) in [5, 5.41) is 4.84. The SMILES string of the molecule is CCOC(=O)c1cc2c(Nc3cccc(OC)c3)ccc(Cl)c2n1CC. The average Bonchev–Trinajstić information content (AvgIpc) is 3.05. The van der Waals surface area contributed by atoms with Gasteiger partial charge in [0.1, 0.15) is 11.4 Å². The van der Waals surface area contributed by atoms with Crippen LogP contribution in [0.1, 0.15) is 24.3 Å². The molecule has 0 amide bonds. The van der Waals surface area contributed by atoms with Gasteiger partial charge in [-0.1, -0.05) is 17.7 Å². The summed E-state index contributed by atoms with van der Waals surface area (Å²) in [6.45, 7) is 4.70. The minimum absolute atomic E-state index is 0.326. The van der Waals surface area contributed by atoms with E-state index in [-0.39, 0.29) is 5.97 Å². The zero-order valence-electron chi connectivity index (χ0n) is 15.0. The van der Waals surface area contributed by atoms with Gasteiger partial charge in [0.05, 0.1) is 24.3 Å². The Morgan fingerprint density at radius 2 is 2.00 bits per heavy atom. The largest absolute Gasteiger partial charge is 0.497 e. The maximum absolute atomic E-state index is 12.3. The van der Waals surface area contributed by atoms with Crippen molar-refractivity contribution in [3.63, 3.8) is 0 Å². The summed E-state index contributed by atoms with van der Waals surface area (Å²) < 4.78 is 12.3. The van der Waals surface area contributed by atoms with Crippen molar-refractivity contribution in [2.75, 3.05) is 19.0 Å². The van der Waals surface area contributed by atoms with Crippen LogP contribution in [0.15, 0.2) is 42.5 Å². The summed E-state index contributed by atoms with van der Waals surface area (Å²) in [7, 11) is 1.63. The maximum Gasteiger partial charge on any atom is 0.354 e. The summed E-state index contributed by atoms with van der Waals surface area (Å²) in [6.07, 6.45) is 0. The van der Waals surface area contributed by atoms with Gasteiger partial charge in [-0.25, -0.2) is 4.79 Å². The molecule has 5 nitrogen and oxygen atoms in total. The standard InChI is InChI=1S/C20H21ClN2O3/c1-4-23-18(20(24)26-5-2)12-15-17(10-9-16(21)19(15)23)22-13-7-6-8-14(11-13)25-3/h6-12,22H,4-5H2,1-3H3. The van der Waals surface area contributed by atoms with Crippen LogP contribution in [-0.2, 0) is 11.3 Å². The van der Waals surface area contributed by atoms with Gasteiger partial charge in [0.25, 0.3) is 0 Å². The zero-order valence-corrected chi connectivity index (χ0v) is 15.8. The van der Waals surface area contributed by atoms with Crippen molar-refractivity contribution >= 4 is 39.8 Å². The lowest BCUT2D eigenvalue weighted by molar-refractivity contribution is 0.0514. The highest BCUT2D eigenvalue weighted by Crippen LogP contribution is 2.35. The Labute approximate surface area is 157 Å². The maximum atomic E-state index is 12.3. The summed E-state index contributed by atoms with van der Waals surface area (Å²) in [5.74, 6) is 0.410. The highest BCUT2D eigenvalue weighted by molar-refractivity contribution is 6.36. The molecule has 1 heterocycles. The fourth-order valence-corrected chi connectivity index (χ4v) is 3.27. The molecular formula is C20H21ClN2O3. The average molecular weight is 373 g/mol. The van der Waals surface area contributed by atoms with Gasteiger partial charge < -0.3 is 19.4 Å². The van der Waals surface area contributed by atoms with Crippen LogP contribution in [0.5, 0.6) is 5.75 Å². The van der Waals surface area contributed by atoms with Crippen LogP contribution >= 0.6 is 11.6 Å². The number of hydrogen-bond acceptors (Lipinski definition) is 4. The van der Waals surface area contributed by atoms with Crippen molar-refractivity contribution in [2.45, 2.75) is 20.4 Å². The van der Waals surface area contributed by atoms with E-state index in [4.69, 9.17) is 21.1 Å². The Kier molecular flexibility index (Phi) is 5.38. The Bertz CT molecular complexity index is 950. The van der Waals surface area contributed by atoms with Crippen LogP contribution in [0.3, 0.4) is 0 Å². The van der Waals surface area contributed by atoms with E-state index in [1.807, 2.05) is 54.0 Å². The number of ether oxygens (including phenoxy) is 2. The Balaban J connectivity index is 2.12. The molecule has 0 aliphatic carbocycles. The Hall–Kier alpha value is -2.66. The number of carbonyl (C=O) groups is 1. The molecule has 0 saturated heterocycles. The van der Waals surface area contributed by atoms with Gasteiger partial charge in [-0.15, -0.1) is 0 Å². The number of methoxy groups -OCH3 is 1. The van der Waals surface area contributed by atoms with Crippen molar-refractivity contribution in [1.82, 2.24) is 4.57 Å². The first-order chi connectivity index (χ1) is 12.6. The van der Waals surface area contributed by atoms with E-state index in [1.54, 1.807) is 14.0 Å². The molecular weight excluding hydrogens is 352 g/mol. The number of aryl methyl sites for hydroxylation is 1. The van der Waals surface area contributed by atoms with E-state index >= 15 is 0 Å². The molecule has 0 fully saturated rings. The highest BCUT2D eigenvalue weighted by atomic mass is 35.5. The van der Waals surface area contributed by atoms with E-state index in [1.165, 1.54) is 0 Å². The second kappa shape index (κ2) is 7.70. The van der Waals surface area contributed by atoms with Crippen LogP contribution in [0.4, 0.5) is 11.4 Å². The fraction of sp³-hybridized carbons (Fsp3) is 0.250. The number of nitrogens with one attached hydrogen (secondary N) is 1. The number of nitrogens with zero attached hydrogens (tertiary/aromatic N) is 1. The summed E-state index contributed by atoms with van der Waals surface area (Å²) in [6, 6.07) is 13.2. The van der Waals surface area contributed by atoms with E-state index in [9.17, 15) is 4.79 Å². The second-order valence-electron chi connectivity index (χ2n) is 5.71. The number of anilines is 2. The molecule has 0 spiro atoms. The summed E-state index contributed by atoms with van der Waals surface area (Å²) in [4.78, 5) is 12.3. The Morgan fingerprint density at radius 3 is 2.69 bits per heavy atom. The van der Waals surface area contributed by atoms with Gasteiger partial charge in [0.2, 0.25) is 0 Å². The normalized spacial score (nSPS) is 10.8. The van der Waals surface area contributed by atoms with Crippen LogP contribution in [-0.4, -0.2) is 24.3 Å². The van der Waals surface area contributed by atoms with Crippen LogP contribution in [0, 0.1) is 0 Å². The molecule has 0 radical (unpaired) electrons. The first kappa shape index (κ1) is 18.1. The van der Waals surface area contributed by atoms with Crippen LogP contribution < -0.4 is 10.1 Å². The molecule has 3 aromatic rings. The first-order valence-electron chi connectivity index (χ1n) is 8.49. The molecule has 136 valence electrons. The number of halogens is 1. The molecule has 0 aliphatic rings. The minimum Gasteiger partial charge on any atom is -0.497 e. The number of hydrogen-bond donors (Lipinski definition) is 1. The smallest absolute Gasteiger partial charge is 0.354 e. The number of rotatable bonds is 6. The molecule has 0 atom stereocenters. The molecule has 0 saturated carbocycles. The second-order valence-corrected chi connectivity index (χ2v) is 6.12. The molecule has 0 bridgehead atoms. The van der Waals surface area contributed by atoms with Crippen molar-refractivity contribution in [1.29, 1.82) is 0 Å². The molecule has 26 heavy (non-hydrogen) atoms. The first-order valence-corrected chi connectivity index (χ1v) is 8.86. The number of benzene rings is 2. The van der Waals surface area contributed by atoms with Gasteiger partial charge in [-0.3, -0.25) is 0 Å². The lowest BCUT2D eigenvalue weighted by atomic mass is 10.2.